The van der Waals surface area contributed by atoms with Gasteiger partial charge in [-0.25, -0.2) is 0 Å². The summed E-state index contributed by atoms with van der Waals surface area (Å²) in [5.74, 6) is 1.78. The van der Waals surface area contributed by atoms with Gasteiger partial charge < -0.3 is 25.0 Å². The van der Waals surface area contributed by atoms with Crippen LogP contribution in [0.3, 0.4) is 0 Å². The van der Waals surface area contributed by atoms with Gasteiger partial charge in [0.15, 0.2) is 5.96 Å². The minimum atomic E-state index is -0.0544. The van der Waals surface area contributed by atoms with Gasteiger partial charge in [0.1, 0.15) is 5.75 Å². The molecule has 2 aliphatic rings. The zero-order chi connectivity index (χ0) is 20.5. The van der Waals surface area contributed by atoms with Gasteiger partial charge in [-0.1, -0.05) is 0 Å². The second-order valence-corrected chi connectivity index (χ2v) is 8.13. The molecule has 2 aliphatic heterocycles. The van der Waals surface area contributed by atoms with Crippen LogP contribution in [0.5, 0.6) is 5.75 Å². The van der Waals surface area contributed by atoms with Crippen molar-refractivity contribution in [3.63, 3.8) is 0 Å². The number of guanidine groups is 1. The normalized spacial score (nSPS) is 22.5. The molecule has 1 aromatic rings. The van der Waals surface area contributed by atoms with E-state index in [9.17, 15) is 0 Å². The summed E-state index contributed by atoms with van der Waals surface area (Å²) in [5.41, 5.74) is 1.23. The maximum Gasteiger partial charge on any atom is 0.191 e. The van der Waals surface area contributed by atoms with E-state index in [0.717, 1.165) is 83.4 Å². The molecule has 2 heterocycles. The van der Waals surface area contributed by atoms with Gasteiger partial charge in [-0.15, -0.1) is 24.0 Å². The molecule has 8 heteroatoms. The van der Waals surface area contributed by atoms with Crippen LogP contribution in [-0.2, 0) is 4.74 Å². The SMILES string of the molecule is CN=C(NCCCN1CCN(c2ccc(OC)cc2)CC1)NCC1(C)CCCO1.I. The van der Waals surface area contributed by atoms with Gasteiger partial charge in [-0.05, 0) is 57.0 Å². The molecule has 30 heavy (non-hydrogen) atoms. The molecule has 0 saturated carbocycles. The number of piperazine rings is 1. The van der Waals surface area contributed by atoms with Crippen LogP contribution in [0.15, 0.2) is 29.3 Å². The third-order valence-electron chi connectivity index (χ3n) is 5.91. The van der Waals surface area contributed by atoms with Crippen LogP contribution >= 0.6 is 24.0 Å². The number of hydrogen-bond acceptors (Lipinski definition) is 5. The number of aliphatic imine (C=N–C) groups is 1. The van der Waals surface area contributed by atoms with E-state index in [1.54, 1.807) is 7.11 Å². The third-order valence-corrected chi connectivity index (χ3v) is 5.91. The molecule has 0 bridgehead atoms. The fourth-order valence-electron chi connectivity index (χ4n) is 4.00. The standard InChI is InChI=1S/C22H37N5O2.HI/c1-22(10-4-17-29-22)18-25-21(23-2)24-11-5-12-26-13-15-27(16-14-26)19-6-8-20(28-3)9-7-19;/h6-9H,4-5,10-18H2,1-3H3,(H2,23,24,25);1H. The molecular weight excluding hydrogens is 493 g/mol. The Morgan fingerprint density at radius 3 is 2.50 bits per heavy atom. The van der Waals surface area contributed by atoms with Gasteiger partial charge in [0.25, 0.3) is 0 Å². The molecule has 2 fully saturated rings. The van der Waals surface area contributed by atoms with Crippen LogP contribution in [0.1, 0.15) is 26.2 Å². The summed E-state index contributed by atoms with van der Waals surface area (Å²) in [4.78, 5) is 9.33. The number of benzene rings is 1. The van der Waals surface area contributed by atoms with E-state index in [1.165, 1.54) is 5.69 Å². The number of hydrogen-bond donors (Lipinski definition) is 2. The summed E-state index contributed by atoms with van der Waals surface area (Å²) >= 11 is 0. The van der Waals surface area contributed by atoms with E-state index in [1.807, 2.05) is 19.2 Å². The Kier molecular flexibility index (Phi) is 10.5. The van der Waals surface area contributed by atoms with Crippen molar-refractivity contribution >= 4 is 35.6 Å². The minimum Gasteiger partial charge on any atom is -0.497 e. The van der Waals surface area contributed by atoms with Gasteiger partial charge in [0.2, 0.25) is 0 Å². The van der Waals surface area contributed by atoms with E-state index in [2.05, 4.69) is 44.5 Å². The van der Waals surface area contributed by atoms with E-state index in [4.69, 9.17) is 9.47 Å². The molecule has 1 unspecified atom stereocenters. The maximum atomic E-state index is 5.83. The van der Waals surface area contributed by atoms with Crippen molar-refractivity contribution in [2.45, 2.75) is 31.8 Å². The highest BCUT2D eigenvalue weighted by molar-refractivity contribution is 14.0. The van der Waals surface area contributed by atoms with Crippen molar-refractivity contribution in [1.29, 1.82) is 0 Å². The fraction of sp³-hybridized carbons (Fsp3) is 0.682. The topological polar surface area (TPSA) is 61.4 Å². The molecule has 170 valence electrons. The lowest BCUT2D eigenvalue weighted by atomic mass is 10.0. The van der Waals surface area contributed by atoms with Crippen LogP contribution in [0.4, 0.5) is 5.69 Å². The van der Waals surface area contributed by atoms with Crippen LogP contribution < -0.4 is 20.3 Å². The lowest BCUT2D eigenvalue weighted by Gasteiger charge is -2.36. The Morgan fingerprint density at radius 2 is 1.90 bits per heavy atom. The first-order valence-corrected chi connectivity index (χ1v) is 10.8. The summed E-state index contributed by atoms with van der Waals surface area (Å²) in [6.45, 7) is 10.2. The zero-order valence-corrected chi connectivity index (χ0v) is 21.0. The summed E-state index contributed by atoms with van der Waals surface area (Å²) in [7, 11) is 3.53. The van der Waals surface area contributed by atoms with Crippen LogP contribution in [-0.4, -0.2) is 83.0 Å². The molecular formula is C22H38IN5O2. The summed E-state index contributed by atoms with van der Waals surface area (Å²) in [6.07, 6.45) is 3.37. The average molecular weight is 531 g/mol. The van der Waals surface area contributed by atoms with Gasteiger partial charge >= 0.3 is 0 Å². The highest BCUT2D eigenvalue weighted by Crippen LogP contribution is 2.23. The first-order chi connectivity index (χ1) is 14.1. The maximum absolute atomic E-state index is 5.83. The van der Waals surface area contributed by atoms with Crippen molar-refractivity contribution in [2.24, 2.45) is 4.99 Å². The third kappa shape index (κ3) is 7.46. The van der Waals surface area contributed by atoms with Crippen LogP contribution in [0, 0.1) is 0 Å². The highest BCUT2D eigenvalue weighted by atomic mass is 127. The Balaban J connectivity index is 0.00000320. The number of rotatable bonds is 8. The number of methoxy groups -OCH3 is 1. The van der Waals surface area contributed by atoms with Crippen molar-refractivity contribution in [3.8, 4) is 5.75 Å². The summed E-state index contributed by atoms with van der Waals surface area (Å²) in [5, 5.41) is 6.84. The number of nitrogens with one attached hydrogen (secondary N) is 2. The van der Waals surface area contributed by atoms with Crippen molar-refractivity contribution < 1.29 is 9.47 Å². The van der Waals surface area contributed by atoms with Gasteiger partial charge in [-0.3, -0.25) is 9.89 Å². The zero-order valence-electron chi connectivity index (χ0n) is 18.7. The lowest BCUT2D eigenvalue weighted by Crippen LogP contribution is -2.48. The molecule has 0 amide bonds. The molecule has 2 saturated heterocycles. The van der Waals surface area contributed by atoms with Crippen LogP contribution in [0.25, 0.3) is 0 Å². The molecule has 0 radical (unpaired) electrons. The molecule has 3 rings (SSSR count). The summed E-state index contributed by atoms with van der Waals surface area (Å²) < 4.78 is 11.1. The highest BCUT2D eigenvalue weighted by Gasteiger charge is 2.29. The molecule has 2 N–H and O–H groups in total. The first-order valence-electron chi connectivity index (χ1n) is 10.8. The first kappa shape index (κ1) is 25.0. The number of ether oxygens (including phenoxy) is 2. The predicted octanol–water partition coefficient (Wildman–Crippen LogP) is 2.56. The monoisotopic (exact) mass is 531 g/mol. The van der Waals surface area contributed by atoms with Crippen LogP contribution in [0.2, 0.25) is 0 Å². The minimum absolute atomic E-state index is 0. The second kappa shape index (κ2) is 12.6. The van der Waals surface area contributed by atoms with E-state index in [-0.39, 0.29) is 29.6 Å². The van der Waals surface area contributed by atoms with Gasteiger partial charge in [0.05, 0.1) is 12.7 Å². The average Bonchev–Trinajstić information content (AvgIpc) is 3.20. The second-order valence-electron chi connectivity index (χ2n) is 8.13. The Morgan fingerprint density at radius 1 is 1.17 bits per heavy atom. The van der Waals surface area contributed by atoms with Crippen molar-refractivity contribution in [2.75, 3.05) is 71.5 Å². The lowest BCUT2D eigenvalue weighted by molar-refractivity contribution is 0.0243. The Labute approximate surface area is 198 Å². The summed E-state index contributed by atoms with van der Waals surface area (Å²) in [6, 6.07) is 8.36. The van der Waals surface area contributed by atoms with E-state index < -0.39 is 0 Å². The van der Waals surface area contributed by atoms with Crippen molar-refractivity contribution in [3.05, 3.63) is 24.3 Å². The Hall–Kier alpha value is -1.26. The van der Waals surface area contributed by atoms with Gasteiger partial charge in [0, 0.05) is 58.6 Å². The van der Waals surface area contributed by atoms with Gasteiger partial charge in [-0.2, -0.15) is 0 Å². The van der Waals surface area contributed by atoms with E-state index >= 15 is 0 Å². The smallest absolute Gasteiger partial charge is 0.191 e. The molecule has 1 atom stereocenters. The number of anilines is 1. The predicted molar refractivity (Wildman–Crippen MR) is 135 cm³/mol. The quantitative estimate of drug-likeness (QED) is 0.233. The molecule has 0 spiro atoms. The molecule has 0 aliphatic carbocycles. The molecule has 1 aromatic carbocycles. The largest absolute Gasteiger partial charge is 0.497 e. The number of halogens is 1. The molecule has 0 aromatic heterocycles. The molecule has 7 nitrogen and oxygen atoms in total. The van der Waals surface area contributed by atoms with Crippen molar-refractivity contribution in [1.82, 2.24) is 15.5 Å². The van der Waals surface area contributed by atoms with E-state index in [0.29, 0.717) is 0 Å². The fourth-order valence-corrected chi connectivity index (χ4v) is 4.00. The number of nitrogens with zero attached hydrogens (tertiary/aromatic N) is 3. The Bertz CT molecular complexity index is 641.